The molecule has 0 radical (unpaired) electrons. The van der Waals surface area contributed by atoms with Gasteiger partial charge in [0.05, 0.1) is 0 Å². The smallest absolute Gasteiger partial charge is 0.0419 e. The van der Waals surface area contributed by atoms with Crippen LogP contribution in [0.5, 0.6) is 0 Å². The fraction of sp³-hybridized carbons (Fsp3) is 0.688. The Bertz CT molecular complexity index is 328. The molecule has 0 spiro atoms. The van der Waals surface area contributed by atoms with Crippen molar-refractivity contribution in [2.75, 3.05) is 0 Å². The Balaban J connectivity index is 2.67. The highest BCUT2D eigenvalue weighted by Crippen LogP contribution is 2.20. The van der Waals surface area contributed by atoms with E-state index in [0.29, 0.717) is 12.0 Å². The lowest BCUT2D eigenvalue weighted by atomic mass is 9.88. The minimum atomic E-state index is 0.333. The Kier molecular flexibility index (Phi) is 7.68. The van der Waals surface area contributed by atoms with Gasteiger partial charge in [0.2, 0.25) is 0 Å². The normalized spacial score (nSPS) is 12.9. The van der Waals surface area contributed by atoms with Gasteiger partial charge in [0.25, 0.3) is 0 Å². The van der Waals surface area contributed by atoms with Crippen molar-refractivity contribution in [3.8, 4) is 0 Å². The van der Waals surface area contributed by atoms with E-state index in [0.717, 1.165) is 18.5 Å². The standard InChI is InChI=1S/C16H29N3/c1-4-7-14(8-5-2)16(19-17)11-15-10-9-13(6-3)12-18-15/h9-10,12,14,16,19H,4-8,11,17H2,1-3H3. The molecule has 3 nitrogen and oxygen atoms in total. The number of nitrogens with zero attached hydrogens (tertiary/aromatic N) is 1. The molecular formula is C16H29N3. The van der Waals surface area contributed by atoms with Gasteiger partial charge in [0, 0.05) is 24.4 Å². The molecule has 0 saturated heterocycles. The van der Waals surface area contributed by atoms with Crippen LogP contribution in [0, 0.1) is 5.92 Å². The van der Waals surface area contributed by atoms with Gasteiger partial charge in [0.15, 0.2) is 0 Å². The number of nitrogens with two attached hydrogens (primary N) is 1. The number of pyridine rings is 1. The van der Waals surface area contributed by atoms with Gasteiger partial charge in [-0.3, -0.25) is 16.3 Å². The molecule has 108 valence electrons. The number of hydrogen-bond donors (Lipinski definition) is 2. The monoisotopic (exact) mass is 263 g/mol. The summed E-state index contributed by atoms with van der Waals surface area (Å²) in [7, 11) is 0. The van der Waals surface area contributed by atoms with Crippen LogP contribution < -0.4 is 11.3 Å². The quantitative estimate of drug-likeness (QED) is 0.531. The molecule has 1 heterocycles. The Labute approximate surface area is 118 Å². The summed E-state index contributed by atoms with van der Waals surface area (Å²) in [5, 5.41) is 0. The maximum Gasteiger partial charge on any atom is 0.0419 e. The van der Waals surface area contributed by atoms with E-state index >= 15 is 0 Å². The SMILES string of the molecule is CCCC(CCC)C(Cc1ccc(CC)cn1)NN. The van der Waals surface area contributed by atoms with Crippen LogP contribution in [0.15, 0.2) is 18.3 Å². The molecule has 1 aromatic rings. The Morgan fingerprint density at radius 3 is 2.26 bits per heavy atom. The summed E-state index contributed by atoms with van der Waals surface area (Å²) >= 11 is 0. The van der Waals surface area contributed by atoms with Gasteiger partial charge in [-0.2, -0.15) is 0 Å². The summed E-state index contributed by atoms with van der Waals surface area (Å²) in [6, 6.07) is 4.64. The van der Waals surface area contributed by atoms with E-state index in [1.807, 2.05) is 6.20 Å². The Morgan fingerprint density at radius 2 is 1.84 bits per heavy atom. The summed E-state index contributed by atoms with van der Waals surface area (Å²) < 4.78 is 0. The van der Waals surface area contributed by atoms with Crippen molar-refractivity contribution in [3.05, 3.63) is 29.6 Å². The van der Waals surface area contributed by atoms with E-state index in [2.05, 4.69) is 43.3 Å². The molecule has 0 bridgehead atoms. The Hall–Kier alpha value is -0.930. The molecule has 1 rings (SSSR count). The van der Waals surface area contributed by atoms with Gasteiger partial charge in [-0.25, -0.2) is 0 Å². The van der Waals surface area contributed by atoms with Crippen molar-refractivity contribution >= 4 is 0 Å². The van der Waals surface area contributed by atoms with Gasteiger partial charge in [0.1, 0.15) is 0 Å². The molecule has 3 N–H and O–H groups in total. The molecule has 19 heavy (non-hydrogen) atoms. The van der Waals surface area contributed by atoms with Gasteiger partial charge in [-0.1, -0.05) is 39.7 Å². The van der Waals surface area contributed by atoms with Crippen molar-refractivity contribution in [3.63, 3.8) is 0 Å². The summed E-state index contributed by atoms with van der Waals surface area (Å²) in [6.45, 7) is 6.63. The Morgan fingerprint density at radius 1 is 1.16 bits per heavy atom. The topological polar surface area (TPSA) is 50.9 Å². The van der Waals surface area contributed by atoms with Crippen LogP contribution in [0.3, 0.4) is 0 Å². The van der Waals surface area contributed by atoms with Crippen LogP contribution in [0.1, 0.15) is 57.7 Å². The lowest BCUT2D eigenvalue weighted by Crippen LogP contribution is -2.42. The molecule has 0 aliphatic carbocycles. The largest absolute Gasteiger partial charge is 0.271 e. The van der Waals surface area contributed by atoms with Crippen LogP contribution >= 0.6 is 0 Å². The van der Waals surface area contributed by atoms with Crippen molar-refractivity contribution in [1.82, 2.24) is 10.4 Å². The zero-order valence-corrected chi connectivity index (χ0v) is 12.7. The second kappa shape index (κ2) is 9.05. The number of hydrazine groups is 1. The van der Waals surface area contributed by atoms with Crippen LogP contribution in [0.2, 0.25) is 0 Å². The fourth-order valence-corrected chi connectivity index (χ4v) is 2.66. The first-order valence-corrected chi connectivity index (χ1v) is 7.65. The zero-order valence-electron chi connectivity index (χ0n) is 12.7. The average molecular weight is 263 g/mol. The molecule has 0 amide bonds. The second-order valence-electron chi connectivity index (χ2n) is 5.33. The first-order chi connectivity index (χ1) is 9.24. The number of nitrogens with one attached hydrogen (secondary N) is 1. The molecule has 1 unspecified atom stereocenters. The maximum absolute atomic E-state index is 5.76. The van der Waals surface area contributed by atoms with Crippen LogP contribution in [0.4, 0.5) is 0 Å². The van der Waals surface area contributed by atoms with Crippen molar-refractivity contribution < 1.29 is 0 Å². The predicted molar refractivity (Wildman–Crippen MR) is 81.7 cm³/mol. The highest BCUT2D eigenvalue weighted by molar-refractivity contribution is 5.14. The molecule has 0 fully saturated rings. The number of aryl methyl sites for hydroxylation is 1. The van der Waals surface area contributed by atoms with Gasteiger partial charge in [-0.15, -0.1) is 0 Å². The van der Waals surface area contributed by atoms with Crippen molar-refractivity contribution in [1.29, 1.82) is 0 Å². The predicted octanol–water partition coefficient (Wildman–Crippen LogP) is 3.23. The molecule has 0 aromatic carbocycles. The summed E-state index contributed by atoms with van der Waals surface area (Å²) in [5.41, 5.74) is 5.44. The van der Waals surface area contributed by atoms with E-state index in [9.17, 15) is 0 Å². The minimum absolute atomic E-state index is 0.333. The molecule has 1 aromatic heterocycles. The summed E-state index contributed by atoms with van der Waals surface area (Å²) in [5.74, 6) is 6.41. The molecule has 3 heteroatoms. The average Bonchev–Trinajstić information content (AvgIpc) is 2.45. The third-order valence-electron chi connectivity index (χ3n) is 3.83. The summed E-state index contributed by atoms with van der Waals surface area (Å²) in [6.07, 6.45) is 8.84. The van der Waals surface area contributed by atoms with E-state index < -0.39 is 0 Å². The van der Waals surface area contributed by atoms with Crippen molar-refractivity contribution in [2.24, 2.45) is 11.8 Å². The van der Waals surface area contributed by atoms with Crippen LogP contribution in [-0.4, -0.2) is 11.0 Å². The van der Waals surface area contributed by atoms with Gasteiger partial charge >= 0.3 is 0 Å². The van der Waals surface area contributed by atoms with Gasteiger partial charge < -0.3 is 0 Å². The third-order valence-corrected chi connectivity index (χ3v) is 3.83. The lowest BCUT2D eigenvalue weighted by molar-refractivity contribution is 0.310. The first-order valence-electron chi connectivity index (χ1n) is 7.65. The minimum Gasteiger partial charge on any atom is -0.271 e. The highest BCUT2D eigenvalue weighted by Gasteiger charge is 2.19. The first kappa shape index (κ1) is 16.1. The molecule has 0 aliphatic rings. The van der Waals surface area contributed by atoms with Crippen LogP contribution in [-0.2, 0) is 12.8 Å². The van der Waals surface area contributed by atoms with Crippen LogP contribution in [0.25, 0.3) is 0 Å². The van der Waals surface area contributed by atoms with Gasteiger partial charge in [-0.05, 0) is 36.8 Å². The van der Waals surface area contributed by atoms with E-state index in [4.69, 9.17) is 5.84 Å². The third kappa shape index (κ3) is 5.29. The van der Waals surface area contributed by atoms with E-state index in [-0.39, 0.29) is 0 Å². The molecule has 0 saturated carbocycles. The number of rotatable bonds is 9. The number of hydrogen-bond acceptors (Lipinski definition) is 3. The second-order valence-corrected chi connectivity index (χ2v) is 5.33. The van der Waals surface area contributed by atoms with E-state index in [1.54, 1.807) is 0 Å². The fourth-order valence-electron chi connectivity index (χ4n) is 2.66. The zero-order chi connectivity index (χ0) is 14.1. The molecule has 0 aliphatic heterocycles. The van der Waals surface area contributed by atoms with E-state index in [1.165, 1.54) is 31.2 Å². The lowest BCUT2D eigenvalue weighted by Gasteiger charge is -2.26. The van der Waals surface area contributed by atoms with Crippen molar-refractivity contribution in [2.45, 2.75) is 65.3 Å². The number of aromatic nitrogens is 1. The molecule has 1 atom stereocenters. The molecular weight excluding hydrogens is 234 g/mol. The highest BCUT2D eigenvalue weighted by atomic mass is 15.2. The summed E-state index contributed by atoms with van der Waals surface area (Å²) in [4.78, 5) is 4.54. The maximum atomic E-state index is 5.76.